The highest BCUT2D eigenvalue weighted by molar-refractivity contribution is 6.30. The molecule has 2 aromatic carbocycles. The van der Waals surface area contributed by atoms with Crippen molar-refractivity contribution in [1.82, 2.24) is 0 Å². The van der Waals surface area contributed by atoms with Gasteiger partial charge in [-0.2, -0.15) is 5.26 Å². The average molecular weight is 319 g/mol. The molecule has 0 heterocycles. The zero-order chi connectivity index (χ0) is 16.1. The molecule has 1 N–H and O–H groups in total. The molecule has 0 fully saturated rings. The zero-order valence-corrected chi connectivity index (χ0v) is 12.4. The van der Waals surface area contributed by atoms with Gasteiger partial charge in [0, 0.05) is 5.02 Å². The predicted octanol–water partition coefficient (Wildman–Crippen LogP) is 3.76. The highest BCUT2D eigenvalue weighted by Crippen LogP contribution is 2.20. The highest BCUT2D eigenvalue weighted by Gasteiger charge is 2.16. The minimum absolute atomic E-state index is 0.0237. The number of nitrogens with zero attached hydrogens (tertiary/aromatic N) is 1. The third-order valence-corrected chi connectivity index (χ3v) is 3.07. The first-order chi connectivity index (χ1) is 10.5. The van der Waals surface area contributed by atoms with Crippen molar-refractivity contribution in [1.29, 1.82) is 5.26 Å². The first-order valence-corrected chi connectivity index (χ1v) is 6.80. The first kappa shape index (κ1) is 15.8. The second-order valence-electron chi connectivity index (χ2n) is 4.51. The SMILES string of the molecule is CC(Oc1cccc(C#N)c1)C(=O)Nc1ccc(Cl)cc1F. The molecule has 0 spiro atoms. The van der Waals surface area contributed by atoms with Crippen LogP contribution >= 0.6 is 11.6 Å². The van der Waals surface area contributed by atoms with Gasteiger partial charge in [0.05, 0.1) is 17.3 Å². The minimum atomic E-state index is -0.857. The van der Waals surface area contributed by atoms with Crippen molar-refractivity contribution >= 4 is 23.2 Å². The van der Waals surface area contributed by atoms with E-state index < -0.39 is 17.8 Å². The van der Waals surface area contributed by atoms with Crippen molar-refractivity contribution < 1.29 is 13.9 Å². The van der Waals surface area contributed by atoms with Crippen molar-refractivity contribution in [2.75, 3.05) is 5.32 Å². The molecule has 22 heavy (non-hydrogen) atoms. The first-order valence-electron chi connectivity index (χ1n) is 6.42. The van der Waals surface area contributed by atoms with E-state index in [0.29, 0.717) is 11.3 Å². The van der Waals surface area contributed by atoms with E-state index >= 15 is 0 Å². The smallest absolute Gasteiger partial charge is 0.265 e. The lowest BCUT2D eigenvalue weighted by Gasteiger charge is -2.15. The van der Waals surface area contributed by atoms with E-state index in [1.807, 2.05) is 6.07 Å². The summed E-state index contributed by atoms with van der Waals surface area (Å²) >= 11 is 5.65. The lowest BCUT2D eigenvalue weighted by molar-refractivity contribution is -0.122. The van der Waals surface area contributed by atoms with E-state index in [0.717, 1.165) is 6.07 Å². The molecule has 1 unspecified atom stereocenters. The molecule has 1 atom stereocenters. The number of nitrogens with one attached hydrogen (secondary N) is 1. The number of carbonyl (C=O) groups excluding carboxylic acids is 1. The Kier molecular flexibility index (Phi) is 4.97. The molecule has 0 saturated carbocycles. The predicted molar refractivity (Wildman–Crippen MR) is 81.3 cm³/mol. The quantitative estimate of drug-likeness (QED) is 0.933. The summed E-state index contributed by atoms with van der Waals surface area (Å²) in [6, 6.07) is 12.4. The van der Waals surface area contributed by atoms with Crippen molar-refractivity contribution in [3.05, 3.63) is 58.9 Å². The van der Waals surface area contributed by atoms with Crippen LogP contribution in [0.2, 0.25) is 5.02 Å². The molecule has 0 aromatic heterocycles. The van der Waals surface area contributed by atoms with Gasteiger partial charge in [-0.05, 0) is 43.3 Å². The topological polar surface area (TPSA) is 62.1 Å². The second kappa shape index (κ2) is 6.92. The van der Waals surface area contributed by atoms with Crippen molar-refractivity contribution in [3.8, 4) is 11.8 Å². The van der Waals surface area contributed by atoms with Gasteiger partial charge in [0.25, 0.3) is 5.91 Å². The number of hydrogen-bond donors (Lipinski definition) is 1. The van der Waals surface area contributed by atoms with Crippen LogP contribution in [0.4, 0.5) is 10.1 Å². The summed E-state index contributed by atoms with van der Waals surface area (Å²) in [5.41, 5.74) is 0.449. The third-order valence-electron chi connectivity index (χ3n) is 2.83. The molecule has 2 rings (SSSR count). The van der Waals surface area contributed by atoms with Crippen LogP contribution in [0.25, 0.3) is 0 Å². The summed E-state index contributed by atoms with van der Waals surface area (Å²) in [6.45, 7) is 1.53. The maximum atomic E-state index is 13.6. The maximum Gasteiger partial charge on any atom is 0.265 e. The summed E-state index contributed by atoms with van der Waals surface area (Å²) in [5.74, 6) is -0.749. The molecule has 0 aliphatic rings. The van der Waals surface area contributed by atoms with Crippen molar-refractivity contribution in [3.63, 3.8) is 0 Å². The van der Waals surface area contributed by atoms with E-state index in [2.05, 4.69) is 5.32 Å². The van der Waals surface area contributed by atoms with Crippen LogP contribution in [0.15, 0.2) is 42.5 Å². The van der Waals surface area contributed by atoms with Gasteiger partial charge in [0.15, 0.2) is 6.10 Å². The van der Waals surface area contributed by atoms with Crippen LogP contribution in [0, 0.1) is 17.1 Å². The molecule has 4 nitrogen and oxygen atoms in total. The highest BCUT2D eigenvalue weighted by atomic mass is 35.5. The van der Waals surface area contributed by atoms with Crippen LogP contribution in [0.1, 0.15) is 12.5 Å². The van der Waals surface area contributed by atoms with Crippen LogP contribution in [0.5, 0.6) is 5.75 Å². The Hall–Kier alpha value is -2.58. The summed E-state index contributed by atoms with van der Waals surface area (Å²) in [5, 5.41) is 11.5. The van der Waals surface area contributed by atoms with Gasteiger partial charge < -0.3 is 10.1 Å². The Morgan fingerprint density at radius 1 is 1.36 bits per heavy atom. The molecule has 0 bridgehead atoms. The number of ether oxygens (including phenoxy) is 1. The van der Waals surface area contributed by atoms with Gasteiger partial charge >= 0.3 is 0 Å². The molecular formula is C16H12ClFN2O2. The Bertz CT molecular complexity index is 743. The molecule has 2 aromatic rings. The number of carbonyl (C=O) groups is 1. The molecule has 0 aliphatic heterocycles. The number of hydrogen-bond acceptors (Lipinski definition) is 3. The van der Waals surface area contributed by atoms with E-state index in [1.165, 1.54) is 25.1 Å². The van der Waals surface area contributed by atoms with Crippen molar-refractivity contribution in [2.45, 2.75) is 13.0 Å². The molecule has 0 radical (unpaired) electrons. The van der Waals surface area contributed by atoms with Gasteiger partial charge in [-0.15, -0.1) is 0 Å². The molecule has 112 valence electrons. The summed E-state index contributed by atoms with van der Waals surface area (Å²) in [6.07, 6.45) is -0.857. The largest absolute Gasteiger partial charge is 0.481 e. The Morgan fingerprint density at radius 2 is 2.14 bits per heavy atom. The van der Waals surface area contributed by atoms with E-state index in [4.69, 9.17) is 21.6 Å². The number of benzene rings is 2. The monoisotopic (exact) mass is 318 g/mol. The van der Waals surface area contributed by atoms with Crippen LogP contribution in [-0.4, -0.2) is 12.0 Å². The van der Waals surface area contributed by atoms with Gasteiger partial charge in [0.2, 0.25) is 0 Å². The van der Waals surface area contributed by atoms with Gasteiger partial charge in [0.1, 0.15) is 11.6 Å². The van der Waals surface area contributed by atoms with Crippen LogP contribution in [-0.2, 0) is 4.79 Å². The van der Waals surface area contributed by atoms with E-state index in [9.17, 15) is 9.18 Å². The molecule has 0 aliphatic carbocycles. The van der Waals surface area contributed by atoms with E-state index in [-0.39, 0.29) is 10.7 Å². The van der Waals surface area contributed by atoms with Crippen LogP contribution in [0.3, 0.4) is 0 Å². The fraction of sp³-hybridized carbons (Fsp3) is 0.125. The van der Waals surface area contributed by atoms with Gasteiger partial charge in [-0.1, -0.05) is 17.7 Å². The maximum absolute atomic E-state index is 13.6. The molecule has 6 heteroatoms. The van der Waals surface area contributed by atoms with E-state index in [1.54, 1.807) is 18.2 Å². The molecule has 1 amide bonds. The summed E-state index contributed by atoms with van der Waals surface area (Å²) in [4.78, 5) is 12.0. The number of anilines is 1. The van der Waals surface area contributed by atoms with Crippen LogP contribution < -0.4 is 10.1 Å². The Balaban J connectivity index is 2.04. The number of nitriles is 1. The van der Waals surface area contributed by atoms with Gasteiger partial charge in [-0.25, -0.2) is 4.39 Å². The standard InChI is InChI=1S/C16H12ClFN2O2/c1-10(22-13-4-2-3-11(7-13)9-19)16(21)20-15-6-5-12(17)8-14(15)18/h2-8,10H,1H3,(H,20,21). The fourth-order valence-corrected chi connectivity index (χ4v) is 1.88. The minimum Gasteiger partial charge on any atom is -0.481 e. The molecular weight excluding hydrogens is 307 g/mol. The second-order valence-corrected chi connectivity index (χ2v) is 4.95. The molecule has 0 saturated heterocycles. The zero-order valence-electron chi connectivity index (χ0n) is 11.6. The summed E-state index contributed by atoms with van der Waals surface area (Å²) < 4.78 is 19.1. The number of amides is 1. The normalized spacial score (nSPS) is 11.4. The van der Waals surface area contributed by atoms with Crippen molar-refractivity contribution in [2.24, 2.45) is 0 Å². The number of halogens is 2. The number of rotatable bonds is 4. The third kappa shape index (κ3) is 3.96. The Morgan fingerprint density at radius 3 is 2.82 bits per heavy atom. The lowest BCUT2D eigenvalue weighted by atomic mass is 10.2. The van der Waals surface area contributed by atoms with Gasteiger partial charge in [-0.3, -0.25) is 4.79 Å². The lowest BCUT2D eigenvalue weighted by Crippen LogP contribution is -2.30. The fourth-order valence-electron chi connectivity index (χ4n) is 1.72. The average Bonchev–Trinajstić information content (AvgIpc) is 2.50. The Labute approximate surface area is 132 Å². The summed E-state index contributed by atoms with van der Waals surface area (Å²) in [7, 11) is 0.